The lowest BCUT2D eigenvalue weighted by Crippen LogP contribution is -2.30. The van der Waals surface area contributed by atoms with Crippen molar-refractivity contribution in [2.45, 2.75) is 59.0 Å². The van der Waals surface area contributed by atoms with E-state index in [4.69, 9.17) is 9.72 Å². The molecule has 5 nitrogen and oxygen atoms in total. The molecule has 1 aromatic heterocycles. The summed E-state index contributed by atoms with van der Waals surface area (Å²) in [6, 6.07) is 14.7. The Hall–Kier alpha value is -2.82. The zero-order valence-electron chi connectivity index (χ0n) is 18.2. The monoisotopic (exact) mass is 405 g/mol. The van der Waals surface area contributed by atoms with Crippen LogP contribution in [0, 0.1) is 13.8 Å². The molecule has 2 heterocycles. The number of imidazole rings is 1. The molecule has 0 saturated carbocycles. The topological polar surface area (TPSA) is 47.4 Å². The van der Waals surface area contributed by atoms with Crippen LogP contribution in [-0.4, -0.2) is 33.5 Å². The molecule has 1 amide bonds. The van der Waals surface area contributed by atoms with Gasteiger partial charge in [0.1, 0.15) is 11.6 Å². The minimum atomic E-state index is 0.0843. The van der Waals surface area contributed by atoms with Gasteiger partial charge in [-0.25, -0.2) is 4.98 Å². The average molecular weight is 406 g/mol. The number of likely N-dealkylation sites (tertiary alicyclic amines) is 1. The lowest BCUT2D eigenvalue weighted by Gasteiger charge is -2.24. The summed E-state index contributed by atoms with van der Waals surface area (Å²) >= 11 is 0. The van der Waals surface area contributed by atoms with Crippen LogP contribution in [0.25, 0.3) is 11.0 Å². The molecule has 0 bridgehead atoms. The van der Waals surface area contributed by atoms with Crippen molar-refractivity contribution in [3.63, 3.8) is 0 Å². The van der Waals surface area contributed by atoms with Crippen LogP contribution in [0.4, 0.5) is 0 Å². The third-order valence-electron chi connectivity index (χ3n) is 6.02. The zero-order chi connectivity index (χ0) is 21.1. The number of unbranched alkanes of at least 4 members (excludes halogenated alkanes) is 1. The Morgan fingerprint density at radius 3 is 2.83 bits per heavy atom. The molecule has 5 heteroatoms. The van der Waals surface area contributed by atoms with Crippen molar-refractivity contribution in [2.75, 3.05) is 13.2 Å². The maximum absolute atomic E-state index is 12.1. The number of hydrogen-bond acceptors (Lipinski definition) is 3. The molecule has 0 N–H and O–H groups in total. The number of hydrogen-bond donors (Lipinski definition) is 0. The number of aryl methyl sites for hydroxylation is 3. The van der Waals surface area contributed by atoms with Crippen LogP contribution in [0.2, 0.25) is 0 Å². The van der Waals surface area contributed by atoms with E-state index >= 15 is 0 Å². The smallest absolute Gasteiger partial charge is 0.220 e. The number of nitrogens with zero attached hydrogens (tertiary/aromatic N) is 3. The highest BCUT2D eigenvalue weighted by atomic mass is 16.5. The normalized spacial score (nSPS) is 16.4. The number of fused-ring (bicyclic) bond motifs is 1. The number of rotatable bonds is 7. The summed E-state index contributed by atoms with van der Waals surface area (Å²) in [6.07, 6.45) is 4.00. The van der Waals surface area contributed by atoms with E-state index in [1.54, 1.807) is 6.92 Å². The molecule has 1 aliphatic rings. The Morgan fingerprint density at radius 2 is 2.00 bits per heavy atom. The molecule has 158 valence electrons. The zero-order valence-corrected chi connectivity index (χ0v) is 18.2. The Labute approximate surface area is 178 Å². The molecule has 1 saturated heterocycles. The van der Waals surface area contributed by atoms with E-state index in [2.05, 4.69) is 54.8 Å². The Balaban J connectivity index is 1.45. The van der Waals surface area contributed by atoms with Crippen LogP contribution in [0.15, 0.2) is 42.5 Å². The molecular formula is C25H31N3O2. The van der Waals surface area contributed by atoms with Crippen molar-refractivity contribution in [1.82, 2.24) is 14.5 Å². The first kappa shape index (κ1) is 20.5. The lowest BCUT2D eigenvalue weighted by molar-refractivity contribution is -0.129. The van der Waals surface area contributed by atoms with E-state index in [-0.39, 0.29) is 11.9 Å². The second-order valence-electron chi connectivity index (χ2n) is 8.31. The van der Waals surface area contributed by atoms with Crippen molar-refractivity contribution in [3.05, 3.63) is 59.4 Å². The van der Waals surface area contributed by atoms with Gasteiger partial charge in [0, 0.05) is 20.0 Å². The van der Waals surface area contributed by atoms with Crippen LogP contribution < -0.4 is 4.74 Å². The summed E-state index contributed by atoms with van der Waals surface area (Å²) in [5.41, 5.74) is 4.55. The van der Waals surface area contributed by atoms with E-state index in [0.717, 1.165) is 61.4 Å². The third kappa shape index (κ3) is 4.20. The van der Waals surface area contributed by atoms with Crippen molar-refractivity contribution in [3.8, 4) is 5.75 Å². The summed E-state index contributed by atoms with van der Waals surface area (Å²) in [6.45, 7) is 8.25. The van der Waals surface area contributed by atoms with Gasteiger partial charge in [-0.3, -0.25) is 4.79 Å². The van der Waals surface area contributed by atoms with Gasteiger partial charge in [-0.15, -0.1) is 0 Å². The largest absolute Gasteiger partial charge is 0.493 e. The number of aromatic nitrogens is 2. The fourth-order valence-corrected chi connectivity index (χ4v) is 4.41. The minimum absolute atomic E-state index is 0.0843. The summed E-state index contributed by atoms with van der Waals surface area (Å²) < 4.78 is 8.34. The summed E-state index contributed by atoms with van der Waals surface area (Å²) in [7, 11) is 0. The van der Waals surface area contributed by atoms with Gasteiger partial charge in [-0.2, -0.15) is 0 Å². The first-order chi connectivity index (χ1) is 14.5. The fraction of sp³-hybridized carbons (Fsp3) is 0.440. The van der Waals surface area contributed by atoms with E-state index in [1.165, 1.54) is 11.1 Å². The lowest BCUT2D eigenvalue weighted by atomic mass is 10.1. The number of amides is 1. The van der Waals surface area contributed by atoms with Crippen LogP contribution in [0.5, 0.6) is 5.75 Å². The molecular weight excluding hydrogens is 374 g/mol. The van der Waals surface area contributed by atoms with Crippen LogP contribution in [0.1, 0.15) is 55.6 Å². The molecule has 0 radical (unpaired) electrons. The Kier molecular flexibility index (Phi) is 6.07. The van der Waals surface area contributed by atoms with Crippen LogP contribution >= 0.6 is 0 Å². The quantitative estimate of drug-likeness (QED) is 0.508. The SMILES string of the molecule is CC(=O)N1CCCC1c1nc2ccccc2n1CCCCOc1cc(C)ccc1C. The predicted molar refractivity (Wildman–Crippen MR) is 120 cm³/mol. The molecule has 30 heavy (non-hydrogen) atoms. The van der Waals surface area contributed by atoms with E-state index < -0.39 is 0 Å². The second-order valence-corrected chi connectivity index (χ2v) is 8.31. The molecule has 4 rings (SSSR count). The maximum atomic E-state index is 12.1. The second kappa shape index (κ2) is 8.90. The van der Waals surface area contributed by atoms with Crippen molar-refractivity contribution < 1.29 is 9.53 Å². The molecule has 1 atom stereocenters. The number of ether oxygens (including phenoxy) is 1. The predicted octanol–water partition coefficient (Wildman–Crippen LogP) is 5.20. The van der Waals surface area contributed by atoms with Crippen LogP contribution in [-0.2, 0) is 11.3 Å². The van der Waals surface area contributed by atoms with Gasteiger partial charge in [-0.05, 0) is 68.9 Å². The Morgan fingerprint density at radius 1 is 1.17 bits per heavy atom. The number of carbonyl (C=O) groups is 1. The molecule has 0 aliphatic carbocycles. The maximum Gasteiger partial charge on any atom is 0.220 e. The molecule has 3 aromatic rings. The van der Waals surface area contributed by atoms with Gasteiger partial charge in [0.2, 0.25) is 5.91 Å². The van der Waals surface area contributed by atoms with Crippen molar-refractivity contribution in [1.29, 1.82) is 0 Å². The fourth-order valence-electron chi connectivity index (χ4n) is 4.41. The van der Waals surface area contributed by atoms with Gasteiger partial charge in [0.15, 0.2) is 0 Å². The highest BCUT2D eigenvalue weighted by molar-refractivity contribution is 5.77. The number of benzene rings is 2. The van der Waals surface area contributed by atoms with Gasteiger partial charge >= 0.3 is 0 Å². The van der Waals surface area contributed by atoms with E-state index in [1.807, 2.05) is 11.0 Å². The van der Waals surface area contributed by atoms with Gasteiger partial charge in [-0.1, -0.05) is 24.3 Å². The van der Waals surface area contributed by atoms with Gasteiger partial charge in [0.05, 0.1) is 23.7 Å². The van der Waals surface area contributed by atoms with Crippen molar-refractivity contribution >= 4 is 16.9 Å². The van der Waals surface area contributed by atoms with Gasteiger partial charge < -0.3 is 14.2 Å². The molecule has 0 spiro atoms. The highest BCUT2D eigenvalue weighted by Crippen LogP contribution is 2.33. The minimum Gasteiger partial charge on any atom is -0.493 e. The first-order valence-electron chi connectivity index (χ1n) is 11.0. The van der Waals surface area contributed by atoms with E-state index in [9.17, 15) is 4.79 Å². The summed E-state index contributed by atoms with van der Waals surface area (Å²) in [5, 5.41) is 0. The van der Waals surface area contributed by atoms with Crippen molar-refractivity contribution in [2.24, 2.45) is 0 Å². The molecule has 1 aliphatic heterocycles. The highest BCUT2D eigenvalue weighted by Gasteiger charge is 2.31. The first-order valence-corrected chi connectivity index (χ1v) is 11.0. The van der Waals surface area contributed by atoms with Crippen LogP contribution in [0.3, 0.4) is 0 Å². The Bertz CT molecular complexity index is 1040. The average Bonchev–Trinajstić information content (AvgIpc) is 3.35. The molecule has 1 unspecified atom stereocenters. The number of para-hydroxylation sites is 2. The third-order valence-corrected chi connectivity index (χ3v) is 6.02. The standard InChI is InChI=1S/C25H31N3O2/c1-18-12-13-19(2)24(17-18)30-16-7-6-14-28-22-10-5-4-9-21(22)26-25(28)23-11-8-15-27(23)20(3)29/h4-5,9-10,12-13,17,23H,6-8,11,14-16H2,1-3H3. The number of carbonyl (C=O) groups excluding carboxylic acids is 1. The van der Waals surface area contributed by atoms with E-state index in [0.29, 0.717) is 6.61 Å². The van der Waals surface area contributed by atoms with Gasteiger partial charge in [0.25, 0.3) is 0 Å². The molecule has 2 aromatic carbocycles. The molecule has 1 fully saturated rings. The summed E-state index contributed by atoms with van der Waals surface area (Å²) in [4.78, 5) is 19.0. The summed E-state index contributed by atoms with van der Waals surface area (Å²) in [5.74, 6) is 2.14.